The summed E-state index contributed by atoms with van der Waals surface area (Å²) < 4.78 is 16.8. The smallest absolute Gasteiger partial charge is 0.276 e. The van der Waals surface area contributed by atoms with Gasteiger partial charge in [-0.1, -0.05) is 6.07 Å². The van der Waals surface area contributed by atoms with Gasteiger partial charge in [-0.05, 0) is 55.8 Å². The molecule has 1 amide bonds. The van der Waals surface area contributed by atoms with Crippen LogP contribution in [0.4, 0.5) is 0 Å². The van der Waals surface area contributed by atoms with Crippen molar-refractivity contribution in [1.29, 1.82) is 0 Å². The lowest BCUT2D eigenvalue weighted by Gasteiger charge is -2.27. The van der Waals surface area contributed by atoms with Crippen LogP contribution in [0, 0.1) is 0 Å². The second-order valence-corrected chi connectivity index (χ2v) is 6.95. The SMILES string of the molecule is CC(C)Oc1ccc(C(=O)N2C(N)=NC(c3ccc4c(c3)OCCO4)N2N)cc1. The summed E-state index contributed by atoms with van der Waals surface area (Å²) in [5.41, 5.74) is 7.17. The topological polar surface area (TPSA) is 116 Å². The average Bonchev–Trinajstić information content (AvgIpc) is 3.01. The standard InChI is InChI=1S/C20H23N5O4/c1-12(2)29-15-6-3-13(4-7-15)19(26)24-20(21)23-18(25(24)22)14-5-8-16-17(11-14)28-10-9-27-16/h3-8,11-12,18H,9-10,22H2,1-2H3,(H2,21,23). The van der Waals surface area contributed by atoms with E-state index in [1.807, 2.05) is 19.9 Å². The molecule has 2 aromatic rings. The van der Waals surface area contributed by atoms with Gasteiger partial charge in [0.2, 0.25) is 5.96 Å². The van der Waals surface area contributed by atoms with E-state index in [-0.39, 0.29) is 18.0 Å². The number of ether oxygens (including phenoxy) is 3. The Morgan fingerprint density at radius 1 is 1.14 bits per heavy atom. The van der Waals surface area contributed by atoms with E-state index in [2.05, 4.69) is 4.99 Å². The molecule has 0 saturated carbocycles. The van der Waals surface area contributed by atoms with E-state index in [0.717, 1.165) is 10.6 Å². The highest BCUT2D eigenvalue weighted by Crippen LogP contribution is 2.36. The zero-order valence-electron chi connectivity index (χ0n) is 16.2. The van der Waals surface area contributed by atoms with E-state index in [1.54, 1.807) is 36.4 Å². The Kier molecular flexibility index (Phi) is 4.99. The van der Waals surface area contributed by atoms with Crippen LogP contribution in [0.15, 0.2) is 47.5 Å². The van der Waals surface area contributed by atoms with Gasteiger partial charge in [0.15, 0.2) is 17.7 Å². The number of aliphatic imine (C=N–C) groups is 1. The van der Waals surface area contributed by atoms with Gasteiger partial charge < -0.3 is 19.9 Å². The van der Waals surface area contributed by atoms with Crippen molar-refractivity contribution in [3.05, 3.63) is 53.6 Å². The van der Waals surface area contributed by atoms with E-state index in [9.17, 15) is 4.79 Å². The van der Waals surface area contributed by atoms with Crippen LogP contribution in [0.3, 0.4) is 0 Å². The van der Waals surface area contributed by atoms with E-state index in [0.29, 0.717) is 36.0 Å². The quantitative estimate of drug-likeness (QED) is 0.756. The van der Waals surface area contributed by atoms with Crippen molar-refractivity contribution < 1.29 is 19.0 Å². The maximum Gasteiger partial charge on any atom is 0.276 e. The molecule has 4 rings (SSSR count). The number of fused-ring (bicyclic) bond motifs is 1. The molecular formula is C20H23N5O4. The number of nitrogens with zero attached hydrogens (tertiary/aromatic N) is 3. The van der Waals surface area contributed by atoms with Gasteiger partial charge in [0.1, 0.15) is 19.0 Å². The first kappa shape index (κ1) is 19.0. The van der Waals surface area contributed by atoms with Crippen LogP contribution in [-0.4, -0.2) is 41.3 Å². The summed E-state index contributed by atoms with van der Waals surface area (Å²) >= 11 is 0. The van der Waals surface area contributed by atoms with Gasteiger partial charge in [0.05, 0.1) is 6.10 Å². The first-order valence-corrected chi connectivity index (χ1v) is 9.32. The maximum absolute atomic E-state index is 13.0. The van der Waals surface area contributed by atoms with Crippen LogP contribution < -0.4 is 25.8 Å². The van der Waals surface area contributed by atoms with Crippen molar-refractivity contribution in [3.63, 3.8) is 0 Å². The van der Waals surface area contributed by atoms with Crippen LogP contribution in [0.2, 0.25) is 0 Å². The lowest BCUT2D eigenvalue weighted by Crippen LogP contribution is -2.52. The molecule has 0 bridgehead atoms. The lowest BCUT2D eigenvalue weighted by molar-refractivity contribution is 0.0198. The van der Waals surface area contributed by atoms with Gasteiger partial charge in [-0.2, -0.15) is 5.01 Å². The monoisotopic (exact) mass is 397 g/mol. The maximum atomic E-state index is 13.0. The van der Waals surface area contributed by atoms with Gasteiger partial charge in [0.25, 0.3) is 5.91 Å². The number of amides is 1. The average molecular weight is 397 g/mol. The molecule has 2 aliphatic rings. The highest BCUT2D eigenvalue weighted by atomic mass is 16.6. The normalized spacial score (nSPS) is 18.7. The molecule has 2 heterocycles. The van der Waals surface area contributed by atoms with Gasteiger partial charge in [0, 0.05) is 5.56 Å². The Hall–Kier alpha value is -3.30. The van der Waals surface area contributed by atoms with Gasteiger partial charge in [-0.3, -0.25) is 4.79 Å². The van der Waals surface area contributed by atoms with Crippen LogP contribution in [-0.2, 0) is 0 Å². The first-order valence-electron chi connectivity index (χ1n) is 9.32. The third-order valence-electron chi connectivity index (χ3n) is 4.48. The van der Waals surface area contributed by atoms with Crippen molar-refractivity contribution in [2.45, 2.75) is 26.1 Å². The fourth-order valence-electron chi connectivity index (χ4n) is 3.19. The largest absolute Gasteiger partial charge is 0.491 e. The molecule has 1 atom stereocenters. The fraction of sp³-hybridized carbons (Fsp3) is 0.300. The van der Waals surface area contributed by atoms with Crippen molar-refractivity contribution in [2.24, 2.45) is 16.6 Å². The molecule has 0 spiro atoms. The van der Waals surface area contributed by atoms with Gasteiger partial charge in [-0.15, -0.1) is 5.12 Å². The highest BCUT2D eigenvalue weighted by molar-refractivity contribution is 6.05. The number of hydrogen-bond donors (Lipinski definition) is 2. The van der Waals surface area contributed by atoms with Crippen molar-refractivity contribution in [2.75, 3.05) is 13.2 Å². The summed E-state index contributed by atoms with van der Waals surface area (Å²) in [6, 6.07) is 12.2. The van der Waals surface area contributed by atoms with E-state index in [4.69, 9.17) is 25.8 Å². The molecule has 0 aromatic heterocycles. The number of hydrazine groups is 2. The predicted molar refractivity (Wildman–Crippen MR) is 106 cm³/mol. The summed E-state index contributed by atoms with van der Waals surface area (Å²) in [5.74, 6) is 7.79. The Labute approximate surface area is 168 Å². The Balaban J connectivity index is 1.54. The van der Waals surface area contributed by atoms with Crippen molar-refractivity contribution in [1.82, 2.24) is 10.1 Å². The third kappa shape index (κ3) is 3.69. The summed E-state index contributed by atoms with van der Waals surface area (Å²) in [6.45, 7) is 4.85. The number of carbonyl (C=O) groups excluding carboxylic acids is 1. The minimum atomic E-state index is -0.654. The first-order chi connectivity index (χ1) is 13.9. The number of carbonyl (C=O) groups is 1. The molecule has 0 saturated heterocycles. The van der Waals surface area contributed by atoms with Crippen LogP contribution >= 0.6 is 0 Å². The Morgan fingerprint density at radius 2 is 1.83 bits per heavy atom. The molecule has 9 heteroatoms. The lowest BCUT2D eigenvalue weighted by atomic mass is 10.1. The molecule has 2 aliphatic heterocycles. The molecule has 29 heavy (non-hydrogen) atoms. The number of hydrogen-bond acceptors (Lipinski definition) is 8. The number of guanidine groups is 1. The van der Waals surface area contributed by atoms with E-state index in [1.165, 1.54) is 5.12 Å². The summed E-state index contributed by atoms with van der Waals surface area (Å²) in [4.78, 5) is 17.3. The van der Waals surface area contributed by atoms with Crippen LogP contribution in [0.5, 0.6) is 17.2 Å². The Morgan fingerprint density at radius 3 is 2.52 bits per heavy atom. The molecule has 9 nitrogen and oxygen atoms in total. The van der Waals surface area contributed by atoms with Crippen molar-refractivity contribution in [3.8, 4) is 17.2 Å². The van der Waals surface area contributed by atoms with Crippen LogP contribution in [0.1, 0.15) is 35.9 Å². The number of benzene rings is 2. The third-order valence-corrected chi connectivity index (χ3v) is 4.48. The Bertz CT molecular complexity index is 944. The molecule has 0 radical (unpaired) electrons. The summed E-state index contributed by atoms with van der Waals surface area (Å²) in [7, 11) is 0. The summed E-state index contributed by atoms with van der Waals surface area (Å²) in [5, 5.41) is 2.36. The molecule has 0 fully saturated rings. The van der Waals surface area contributed by atoms with E-state index < -0.39 is 6.17 Å². The second-order valence-electron chi connectivity index (χ2n) is 6.95. The second kappa shape index (κ2) is 7.61. The molecule has 0 aliphatic carbocycles. The minimum absolute atomic E-state index is 0.0138. The van der Waals surface area contributed by atoms with Gasteiger partial charge in [-0.25, -0.2) is 10.8 Å². The molecule has 2 aromatic carbocycles. The van der Waals surface area contributed by atoms with Crippen LogP contribution in [0.25, 0.3) is 0 Å². The molecular weight excluding hydrogens is 374 g/mol. The fourth-order valence-corrected chi connectivity index (χ4v) is 3.19. The highest BCUT2D eigenvalue weighted by Gasteiger charge is 2.37. The van der Waals surface area contributed by atoms with Crippen molar-refractivity contribution >= 4 is 11.9 Å². The summed E-state index contributed by atoms with van der Waals surface area (Å²) in [6.07, 6.45) is -0.609. The predicted octanol–water partition coefficient (Wildman–Crippen LogP) is 1.80. The molecule has 4 N–H and O–H groups in total. The molecule has 152 valence electrons. The zero-order valence-corrected chi connectivity index (χ0v) is 16.2. The zero-order chi connectivity index (χ0) is 20.5. The molecule has 1 unspecified atom stereocenters. The van der Waals surface area contributed by atoms with Gasteiger partial charge >= 0.3 is 0 Å². The number of rotatable bonds is 4. The number of nitrogens with two attached hydrogens (primary N) is 2. The van der Waals surface area contributed by atoms with E-state index >= 15 is 0 Å². The minimum Gasteiger partial charge on any atom is -0.491 e.